The van der Waals surface area contributed by atoms with E-state index in [1.54, 1.807) is 6.92 Å². The van der Waals surface area contributed by atoms with Gasteiger partial charge in [0.1, 0.15) is 5.82 Å². The maximum absolute atomic E-state index is 13.6. The maximum Gasteiger partial charge on any atom is 0.241 e. The number of nitrogens with one attached hydrogen (secondary N) is 1. The van der Waals surface area contributed by atoms with Crippen molar-refractivity contribution in [2.75, 3.05) is 7.11 Å². The summed E-state index contributed by atoms with van der Waals surface area (Å²) in [6.45, 7) is 1.62. The number of hydrogen-bond acceptors (Lipinski definition) is 3. The molecule has 118 valence electrons. The average molecular weight is 327 g/mol. The average Bonchev–Trinajstić information content (AvgIpc) is 2.47. The van der Waals surface area contributed by atoms with E-state index in [-0.39, 0.29) is 10.6 Å². The van der Waals surface area contributed by atoms with Gasteiger partial charge >= 0.3 is 0 Å². The number of sulfonamides is 1. The molecule has 0 spiro atoms. The summed E-state index contributed by atoms with van der Waals surface area (Å²) in [6, 6.07) is 8.25. The summed E-state index contributed by atoms with van der Waals surface area (Å²) in [4.78, 5) is -0.209. The van der Waals surface area contributed by atoms with Gasteiger partial charge in [0.25, 0.3) is 0 Å². The summed E-state index contributed by atoms with van der Waals surface area (Å²) in [6.07, 6.45) is 0. The molecule has 2 aromatic carbocycles. The maximum atomic E-state index is 13.6. The topological polar surface area (TPSA) is 55.4 Å². The SMILES string of the molecule is COc1ccc(S(=O)(=O)N[C@@H](C)c2ccc(F)cc2)cc1F. The van der Waals surface area contributed by atoms with Crippen LogP contribution < -0.4 is 9.46 Å². The van der Waals surface area contributed by atoms with E-state index < -0.39 is 27.7 Å². The molecular formula is C15H15F2NO3S. The minimum atomic E-state index is -3.90. The van der Waals surface area contributed by atoms with E-state index in [1.165, 1.54) is 43.5 Å². The van der Waals surface area contributed by atoms with Crippen LogP contribution in [0.5, 0.6) is 5.75 Å². The van der Waals surface area contributed by atoms with Crippen LogP contribution in [0.2, 0.25) is 0 Å². The van der Waals surface area contributed by atoms with Crippen LogP contribution in [-0.2, 0) is 10.0 Å². The number of ether oxygens (including phenoxy) is 1. The summed E-state index contributed by atoms with van der Waals surface area (Å²) in [5.74, 6) is -1.21. The van der Waals surface area contributed by atoms with Crippen molar-refractivity contribution in [1.82, 2.24) is 4.72 Å². The lowest BCUT2D eigenvalue weighted by molar-refractivity contribution is 0.385. The zero-order chi connectivity index (χ0) is 16.3. The highest BCUT2D eigenvalue weighted by atomic mass is 32.2. The van der Waals surface area contributed by atoms with E-state index >= 15 is 0 Å². The second kappa shape index (κ2) is 6.41. The Kier molecular flexibility index (Phi) is 4.77. The number of rotatable bonds is 5. The Balaban J connectivity index is 2.23. The minimum Gasteiger partial charge on any atom is -0.494 e. The van der Waals surface area contributed by atoms with Crippen molar-refractivity contribution in [3.63, 3.8) is 0 Å². The van der Waals surface area contributed by atoms with Crippen LogP contribution in [0.3, 0.4) is 0 Å². The van der Waals surface area contributed by atoms with Gasteiger partial charge in [0.2, 0.25) is 10.0 Å². The van der Waals surface area contributed by atoms with Crippen molar-refractivity contribution in [3.05, 3.63) is 59.7 Å². The molecule has 0 aliphatic carbocycles. The predicted octanol–water partition coefficient (Wildman–Crippen LogP) is 3.01. The summed E-state index contributed by atoms with van der Waals surface area (Å²) in [7, 11) is -2.61. The monoisotopic (exact) mass is 327 g/mol. The molecule has 0 amide bonds. The zero-order valence-electron chi connectivity index (χ0n) is 12.0. The third-order valence-electron chi connectivity index (χ3n) is 3.14. The van der Waals surface area contributed by atoms with Crippen LogP contribution in [0, 0.1) is 11.6 Å². The predicted molar refractivity (Wildman–Crippen MR) is 78.1 cm³/mol. The third-order valence-corrected chi connectivity index (χ3v) is 4.67. The summed E-state index contributed by atoms with van der Waals surface area (Å²) >= 11 is 0. The van der Waals surface area contributed by atoms with E-state index in [4.69, 9.17) is 4.74 Å². The Morgan fingerprint density at radius 1 is 1.09 bits per heavy atom. The number of hydrogen-bond donors (Lipinski definition) is 1. The Hall–Kier alpha value is -1.99. The van der Waals surface area contributed by atoms with Crippen LogP contribution >= 0.6 is 0 Å². The van der Waals surface area contributed by atoms with Crippen molar-refractivity contribution in [2.45, 2.75) is 17.9 Å². The van der Waals surface area contributed by atoms with E-state index in [1.807, 2.05) is 0 Å². The van der Waals surface area contributed by atoms with Crippen molar-refractivity contribution in [3.8, 4) is 5.75 Å². The number of halogens is 2. The minimum absolute atomic E-state index is 0.0365. The first-order chi connectivity index (χ1) is 10.3. The first-order valence-electron chi connectivity index (χ1n) is 6.45. The quantitative estimate of drug-likeness (QED) is 0.918. The second-order valence-corrected chi connectivity index (χ2v) is 6.40. The first kappa shape index (κ1) is 16.4. The van der Waals surface area contributed by atoms with E-state index in [9.17, 15) is 17.2 Å². The lowest BCUT2D eigenvalue weighted by Crippen LogP contribution is -2.27. The Bertz CT molecular complexity index is 761. The Morgan fingerprint density at radius 2 is 1.73 bits per heavy atom. The molecule has 0 aliphatic rings. The van der Waals surface area contributed by atoms with Gasteiger partial charge in [0.05, 0.1) is 12.0 Å². The molecule has 0 saturated carbocycles. The highest BCUT2D eigenvalue weighted by Gasteiger charge is 2.20. The molecule has 0 saturated heterocycles. The molecule has 0 bridgehead atoms. The van der Waals surface area contributed by atoms with Crippen LogP contribution in [0.4, 0.5) is 8.78 Å². The second-order valence-electron chi connectivity index (χ2n) is 4.69. The highest BCUT2D eigenvalue weighted by Crippen LogP contribution is 2.22. The lowest BCUT2D eigenvalue weighted by atomic mass is 10.1. The van der Waals surface area contributed by atoms with Crippen LogP contribution in [0.1, 0.15) is 18.5 Å². The molecule has 1 atom stereocenters. The molecular weight excluding hydrogens is 312 g/mol. The largest absolute Gasteiger partial charge is 0.494 e. The van der Waals surface area contributed by atoms with Crippen LogP contribution in [0.15, 0.2) is 47.4 Å². The van der Waals surface area contributed by atoms with Gasteiger partial charge in [0.15, 0.2) is 11.6 Å². The molecule has 0 unspecified atom stereocenters. The summed E-state index contributed by atoms with van der Waals surface area (Å²) in [5, 5.41) is 0. The summed E-state index contributed by atoms with van der Waals surface area (Å²) in [5.41, 5.74) is 0.596. The molecule has 1 N–H and O–H groups in total. The number of methoxy groups -OCH3 is 1. The van der Waals surface area contributed by atoms with Gasteiger partial charge in [0, 0.05) is 6.04 Å². The molecule has 0 radical (unpaired) electrons. The van der Waals surface area contributed by atoms with Gasteiger partial charge in [-0.2, -0.15) is 0 Å². The van der Waals surface area contributed by atoms with Gasteiger partial charge < -0.3 is 4.74 Å². The normalized spacial score (nSPS) is 12.9. The van der Waals surface area contributed by atoms with Gasteiger partial charge in [-0.15, -0.1) is 0 Å². The lowest BCUT2D eigenvalue weighted by Gasteiger charge is -2.15. The van der Waals surface area contributed by atoms with Gasteiger partial charge in [-0.25, -0.2) is 21.9 Å². The molecule has 0 aliphatic heterocycles. The molecule has 4 nitrogen and oxygen atoms in total. The molecule has 0 fully saturated rings. The van der Waals surface area contributed by atoms with Crippen molar-refractivity contribution in [2.24, 2.45) is 0 Å². The standard InChI is InChI=1S/C15H15F2NO3S/c1-10(11-3-5-12(16)6-4-11)18-22(19,20)13-7-8-15(21-2)14(17)9-13/h3-10,18H,1-2H3/t10-/m0/s1. The third kappa shape index (κ3) is 3.61. The first-order valence-corrected chi connectivity index (χ1v) is 7.93. The Morgan fingerprint density at radius 3 is 2.27 bits per heavy atom. The van der Waals surface area contributed by atoms with E-state index in [2.05, 4.69) is 4.72 Å². The summed E-state index contributed by atoms with van der Waals surface area (Å²) < 4.78 is 58.2. The molecule has 0 heterocycles. The molecule has 2 aromatic rings. The molecule has 22 heavy (non-hydrogen) atoms. The van der Waals surface area contributed by atoms with Gasteiger partial charge in [-0.05, 0) is 42.8 Å². The zero-order valence-corrected chi connectivity index (χ0v) is 12.8. The van der Waals surface area contributed by atoms with Crippen LogP contribution in [0.25, 0.3) is 0 Å². The Labute approximate surface area is 127 Å². The fourth-order valence-corrected chi connectivity index (χ4v) is 3.18. The highest BCUT2D eigenvalue weighted by molar-refractivity contribution is 7.89. The molecule has 2 rings (SSSR count). The van der Waals surface area contributed by atoms with Crippen molar-refractivity contribution in [1.29, 1.82) is 0 Å². The van der Waals surface area contributed by atoms with Crippen molar-refractivity contribution < 1.29 is 21.9 Å². The fourth-order valence-electron chi connectivity index (χ4n) is 1.93. The van der Waals surface area contributed by atoms with Gasteiger partial charge in [-0.3, -0.25) is 0 Å². The van der Waals surface area contributed by atoms with Crippen molar-refractivity contribution >= 4 is 10.0 Å². The van der Waals surface area contributed by atoms with Crippen LogP contribution in [-0.4, -0.2) is 15.5 Å². The van der Waals surface area contributed by atoms with E-state index in [0.717, 1.165) is 6.07 Å². The molecule has 0 aromatic heterocycles. The van der Waals surface area contributed by atoms with Gasteiger partial charge in [-0.1, -0.05) is 12.1 Å². The van der Waals surface area contributed by atoms with E-state index in [0.29, 0.717) is 5.56 Å². The molecule has 7 heteroatoms. The number of benzene rings is 2. The fraction of sp³-hybridized carbons (Fsp3) is 0.200. The smallest absolute Gasteiger partial charge is 0.241 e.